The lowest BCUT2D eigenvalue weighted by atomic mass is 10.1. The van der Waals surface area contributed by atoms with Gasteiger partial charge in [-0.2, -0.15) is 18.3 Å². The predicted molar refractivity (Wildman–Crippen MR) is 89.1 cm³/mol. The molecular weight excluding hydrogens is 367 g/mol. The van der Waals surface area contributed by atoms with Crippen molar-refractivity contribution < 1.29 is 18.1 Å². The van der Waals surface area contributed by atoms with E-state index < -0.39 is 22.2 Å². The molecule has 0 spiro atoms. The minimum atomic E-state index is -4.53. The van der Waals surface area contributed by atoms with Crippen LogP contribution in [-0.2, 0) is 6.18 Å². The molecule has 2 N–H and O–H groups in total. The molecule has 0 saturated carbocycles. The third kappa shape index (κ3) is 3.92. The first-order valence-electron chi connectivity index (χ1n) is 7.40. The lowest BCUT2D eigenvalue weighted by molar-refractivity contribution is -0.384. The number of rotatable bonds is 4. The van der Waals surface area contributed by atoms with Gasteiger partial charge in [0.15, 0.2) is 5.69 Å². The van der Waals surface area contributed by atoms with E-state index in [1.165, 1.54) is 36.4 Å². The van der Waals surface area contributed by atoms with Gasteiger partial charge in [0.05, 0.1) is 21.9 Å². The molecule has 27 heavy (non-hydrogen) atoms. The van der Waals surface area contributed by atoms with Gasteiger partial charge in [-0.25, -0.2) is 0 Å². The van der Waals surface area contributed by atoms with Crippen molar-refractivity contribution in [3.8, 4) is 11.3 Å². The molecule has 0 fully saturated rings. The molecule has 1 heterocycles. The number of non-ortho nitro benzene ring substituents is 1. The number of H-pyrrole nitrogens is 2. The predicted octanol–water partition coefficient (Wildman–Crippen LogP) is 4.71. The first-order valence-corrected chi connectivity index (χ1v) is 7.40. The second-order valence-electron chi connectivity index (χ2n) is 5.35. The van der Waals surface area contributed by atoms with Crippen molar-refractivity contribution in [2.24, 2.45) is 10.2 Å². The van der Waals surface area contributed by atoms with E-state index in [9.17, 15) is 28.1 Å². The molecule has 11 heteroatoms. The largest absolute Gasteiger partial charge is 0.416 e. The number of aromatic amines is 2. The van der Waals surface area contributed by atoms with E-state index in [1.807, 2.05) is 0 Å². The number of halogens is 3. The van der Waals surface area contributed by atoms with Crippen molar-refractivity contribution in [2.45, 2.75) is 6.18 Å². The van der Waals surface area contributed by atoms with Gasteiger partial charge in [-0.15, -0.1) is 5.11 Å². The van der Waals surface area contributed by atoms with Crippen LogP contribution in [-0.4, -0.2) is 15.1 Å². The van der Waals surface area contributed by atoms with Crippen molar-refractivity contribution in [3.05, 3.63) is 74.6 Å². The van der Waals surface area contributed by atoms with Gasteiger partial charge in [0.2, 0.25) is 0 Å². The van der Waals surface area contributed by atoms with Crippen LogP contribution < -0.4 is 5.56 Å². The minimum absolute atomic E-state index is 0.0833. The van der Waals surface area contributed by atoms with Crippen molar-refractivity contribution in [1.29, 1.82) is 0 Å². The van der Waals surface area contributed by atoms with Crippen LogP contribution in [0.2, 0.25) is 0 Å². The first kappa shape index (κ1) is 18.0. The van der Waals surface area contributed by atoms with E-state index in [1.54, 1.807) is 0 Å². The smallest absolute Gasteiger partial charge is 0.295 e. The number of nitrogens with zero attached hydrogens (tertiary/aromatic N) is 3. The monoisotopic (exact) mass is 377 g/mol. The topological polar surface area (TPSA) is 117 Å². The zero-order chi connectivity index (χ0) is 19.6. The number of nitro benzene ring substituents is 1. The van der Waals surface area contributed by atoms with Gasteiger partial charge < -0.3 is 0 Å². The fraction of sp³-hybridized carbons (Fsp3) is 0.0625. The molecule has 138 valence electrons. The third-order valence-corrected chi connectivity index (χ3v) is 3.56. The highest BCUT2D eigenvalue weighted by atomic mass is 19.4. The lowest BCUT2D eigenvalue weighted by Gasteiger charge is -2.05. The molecule has 1 aromatic heterocycles. The molecule has 0 aliphatic carbocycles. The SMILES string of the molecule is O=c1[nH][nH]c(-c2ccc([N+](=O)[O-])cc2)c1N=Nc1cccc(C(F)(F)F)c1. The van der Waals surface area contributed by atoms with E-state index >= 15 is 0 Å². The third-order valence-electron chi connectivity index (χ3n) is 3.56. The number of nitro groups is 1. The van der Waals surface area contributed by atoms with Gasteiger partial charge in [-0.3, -0.25) is 25.1 Å². The van der Waals surface area contributed by atoms with Crippen molar-refractivity contribution in [3.63, 3.8) is 0 Å². The van der Waals surface area contributed by atoms with E-state index in [4.69, 9.17) is 0 Å². The molecule has 0 aliphatic rings. The Bertz CT molecular complexity index is 1070. The number of azo groups is 1. The second-order valence-corrected chi connectivity index (χ2v) is 5.35. The summed E-state index contributed by atoms with van der Waals surface area (Å²) in [4.78, 5) is 22.0. The number of benzene rings is 2. The highest BCUT2D eigenvalue weighted by molar-refractivity contribution is 5.71. The van der Waals surface area contributed by atoms with Crippen LogP contribution >= 0.6 is 0 Å². The Kier molecular flexibility index (Phi) is 4.59. The lowest BCUT2D eigenvalue weighted by Crippen LogP contribution is -2.03. The van der Waals surface area contributed by atoms with Crippen LogP contribution in [0.5, 0.6) is 0 Å². The number of aromatic nitrogens is 2. The molecule has 0 atom stereocenters. The van der Waals surface area contributed by atoms with E-state index in [2.05, 4.69) is 20.4 Å². The van der Waals surface area contributed by atoms with Crippen LogP contribution in [0.25, 0.3) is 11.3 Å². The van der Waals surface area contributed by atoms with Gasteiger partial charge in [0.1, 0.15) is 0 Å². The molecule has 2 aromatic carbocycles. The summed E-state index contributed by atoms with van der Waals surface area (Å²) in [5, 5.41) is 23.0. The second kappa shape index (κ2) is 6.86. The Hall–Kier alpha value is -3.76. The molecule has 0 aliphatic heterocycles. The Labute approximate surface area is 148 Å². The Balaban J connectivity index is 1.95. The summed E-state index contributed by atoms with van der Waals surface area (Å²) in [6, 6.07) is 9.48. The summed E-state index contributed by atoms with van der Waals surface area (Å²) in [6.45, 7) is 0. The van der Waals surface area contributed by atoms with Gasteiger partial charge in [0, 0.05) is 17.7 Å². The van der Waals surface area contributed by atoms with Crippen molar-refractivity contribution in [1.82, 2.24) is 10.2 Å². The van der Waals surface area contributed by atoms with Gasteiger partial charge >= 0.3 is 6.18 Å². The summed E-state index contributed by atoms with van der Waals surface area (Å²) in [7, 11) is 0. The first-order chi connectivity index (χ1) is 12.8. The molecular formula is C16H10F3N5O3. The standard InChI is InChI=1S/C16H10F3N5O3/c17-16(18,19)10-2-1-3-11(8-10)20-22-14-13(21-23-15(14)25)9-4-6-12(7-5-9)24(26)27/h1-8H,(H2,21,23,25). The van der Waals surface area contributed by atoms with Crippen LogP contribution in [0, 0.1) is 10.1 Å². The Morgan fingerprint density at radius 3 is 2.33 bits per heavy atom. The average Bonchev–Trinajstić information content (AvgIpc) is 3.00. The Morgan fingerprint density at radius 1 is 1.00 bits per heavy atom. The zero-order valence-corrected chi connectivity index (χ0v) is 13.3. The summed E-state index contributed by atoms with van der Waals surface area (Å²) in [6.07, 6.45) is -4.53. The van der Waals surface area contributed by atoms with E-state index in [0.29, 0.717) is 5.56 Å². The summed E-state index contributed by atoms with van der Waals surface area (Å²) >= 11 is 0. The van der Waals surface area contributed by atoms with Crippen LogP contribution in [0.3, 0.4) is 0 Å². The molecule has 0 radical (unpaired) electrons. The quantitative estimate of drug-likeness (QED) is 0.389. The summed E-state index contributed by atoms with van der Waals surface area (Å²) in [5.41, 5.74) is -1.30. The normalized spacial score (nSPS) is 11.8. The maximum Gasteiger partial charge on any atom is 0.416 e. The van der Waals surface area contributed by atoms with Crippen LogP contribution in [0.4, 0.5) is 30.2 Å². The molecule has 0 unspecified atom stereocenters. The highest BCUT2D eigenvalue weighted by Gasteiger charge is 2.30. The van der Waals surface area contributed by atoms with E-state index in [-0.39, 0.29) is 22.8 Å². The van der Waals surface area contributed by atoms with Crippen molar-refractivity contribution in [2.75, 3.05) is 0 Å². The maximum absolute atomic E-state index is 12.7. The Morgan fingerprint density at radius 2 is 1.70 bits per heavy atom. The molecule has 8 nitrogen and oxygen atoms in total. The van der Waals surface area contributed by atoms with Crippen LogP contribution in [0.1, 0.15) is 5.56 Å². The fourth-order valence-corrected chi connectivity index (χ4v) is 2.26. The summed E-state index contributed by atoms with van der Waals surface area (Å²) in [5.74, 6) is 0. The number of hydrogen-bond donors (Lipinski definition) is 2. The number of hydrogen-bond acceptors (Lipinski definition) is 5. The number of alkyl halides is 3. The average molecular weight is 377 g/mol. The maximum atomic E-state index is 12.7. The molecule has 0 bridgehead atoms. The highest BCUT2D eigenvalue weighted by Crippen LogP contribution is 2.32. The van der Waals surface area contributed by atoms with Gasteiger partial charge in [0.25, 0.3) is 11.2 Å². The van der Waals surface area contributed by atoms with Gasteiger partial charge in [-0.1, -0.05) is 6.07 Å². The molecule has 0 saturated heterocycles. The minimum Gasteiger partial charge on any atom is -0.295 e. The molecule has 3 rings (SSSR count). The van der Waals surface area contributed by atoms with Crippen LogP contribution in [0.15, 0.2) is 63.6 Å². The fourth-order valence-electron chi connectivity index (χ4n) is 2.26. The van der Waals surface area contributed by atoms with E-state index in [0.717, 1.165) is 12.1 Å². The summed E-state index contributed by atoms with van der Waals surface area (Å²) < 4.78 is 38.2. The zero-order valence-electron chi connectivity index (χ0n) is 13.3. The number of nitrogens with one attached hydrogen (secondary N) is 2. The molecule has 3 aromatic rings. The molecule has 0 amide bonds. The van der Waals surface area contributed by atoms with Gasteiger partial charge in [-0.05, 0) is 30.3 Å². The van der Waals surface area contributed by atoms with Crippen molar-refractivity contribution >= 4 is 17.1 Å².